The Hall–Kier alpha value is -1.92. The quantitative estimate of drug-likeness (QED) is 0.440. The number of nitrogens with zero attached hydrogens (tertiary/aromatic N) is 2. The van der Waals surface area contributed by atoms with Crippen LogP contribution in [0.2, 0.25) is 0 Å². The molecule has 130 valence electrons. The average molecular weight is 334 g/mol. The molecule has 0 aromatic carbocycles. The Bertz CT molecular complexity index is 593. The topological polar surface area (TPSA) is 84.0 Å². The van der Waals surface area contributed by atoms with Crippen molar-refractivity contribution in [1.29, 1.82) is 0 Å². The Balaban J connectivity index is 1.55. The standard InChI is InChI=1S/C17H22N2O5/c1-10(20)24-3-2-18-14(21)15(22)19(16(18)23)17-7-11-4-12(8-17)6-13(5-11)9-17/h11-13H,2-9H2,1H3. The number of hydrogen-bond donors (Lipinski definition) is 0. The third-order valence-electron chi connectivity index (χ3n) is 6.15. The molecule has 1 aliphatic heterocycles. The van der Waals surface area contributed by atoms with E-state index in [2.05, 4.69) is 0 Å². The molecule has 0 unspecified atom stereocenters. The summed E-state index contributed by atoms with van der Waals surface area (Å²) in [6, 6.07) is -0.529. The molecule has 4 amide bonds. The van der Waals surface area contributed by atoms with E-state index in [1.807, 2.05) is 0 Å². The van der Waals surface area contributed by atoms with Crippen LogP contribution < -0.4 is 0 Å². The molecule has 7 nitrogen and oxygen atoms in total. The summed E-state index contributed by atoms with van der Waals surface area (Å²) < 4.78 is 4.81. The number of rotatable bonds is 4. The van der Waals surface area contributed by atoms with Gasteiger partial charge in [0.05, 0.1) is 12.1 Å². The first kappa shape index (κ1) is 15.6. The number of hydrogen-bond acceptors (Lipinski definition) is 5. The van der Waals surface area contributed by atoms with E-state index in [1.54, 1.807) is 0 Å². The predicted octanol–water partition coefficient (Wildman–Crippen LogP) is 1.31. The molecule has 5 aliphatic rings. The highest BCUT2D eigenvalue weighted by atomic mass is 16.5. The van der Waals surface area contributed by atoms with Crippen molar-refractivity contribution in [3.63, 3.8) is 0 Å². The fourth-order valence-corrected chi connectivity index (χ4v) is 5.74. The maximum atomic E-state index is 12.8. The van der Waals surface area contributed by atoms with Gasteiger partial charge in [0.2, 0.25) is 0 Å². The molecule has 0 N–H and O–H groups in total. The first-order valence-electron chi connectivity index (χ1n) is 8.73. The van der Waals surface area contributed by atoms with Crippen LogP contribution in [-0.4, -0.2) is 52.3 Å². The summed E-state index contributed by atoms with van der Waals surface area (Å²) in [5.74, 6) is -0.253. The summed E-state index contributed by atoms with van der Waals surface area (Å²) in [5.41, 5.74) is -0.464. The lowest BCUT2D eigenvalue weighted by molar-refractivity contribution is -0.150. The molecule has 7 heteroatoms. The molecule has 0 atom stereocenters. The van der Waals surface area contributed by atoms with Gasteiger partial charge >= 0.3 is 23.8 Å². The highest BCUT2D eigenvalue weighted by Crippen LogP contribution is 2.58. The molecule has 1 saturated heterocycles. The zero-order chi connectivity index (χ0) is 17.1. The summed E-state index contributed by atoms with van der Waals surface area (Å²) in [4.78, 5) is 50.6. The van der Waals surface area contributed by atoms with Crippen LogP contribution in [0.4, 0.5) is 4.79 Å². The molecule has 0 radical (unpaired) electrons. The fraction of sp³-hybridized carbons (Fsp3) is 0.765. The Morgan fingerprint density at radius 1 is 1.04 bits per heavy atom. The molecular formula is C17H22N2O5. The zero-order valence-electron chi connectivity index (χ0n) is 13.8. The second-order valence-electron chi connectivity index (χ2n) is 7.86. The van der Waals surface area contributed by atoms with Crippen molar-refractivity contribution in [3.05, 3.63) is 0 Å². The third-order valence-corrected chi connectivity index (χ3v) is 6.15. The van der Waals surface area contributed by atoms with E-state index < -0.39 is 29.4 Å². The van der Waals surface area contributed by atoms with Gasteiger partial charge in [0.25, 0.3) is 0 Å². The summed E-state index contributed by atoms with van der Waals surface area (Å²) >= 11 is 0. The predicted molar refractivity (Wildman–Crippen MR) is 81.5 cm³/mol. The highest BCUT2D eigenvalue weighted by Gasteiger charge is 2.60. The second-order valence-corrected chi connectivity index (χ2v) is 7.86. The number of urea groups is 1. The van der Waals surface area contributed by atoms with Crippen molar-refractivity contribution >= 4 is 23.8 Å². The number of carbonyl (C=O) groups excluding carboxylic acids is 4. The normalized spacial score (nSPS) is 37.5. The van der Waals surface area contributed by atoms with E-state index in [0.29, 0.717) is 17.8 Å². The number of ether oxygens (including phenoxy) is 1. The van der Waals surface area contributed by atoms with Gasteiger partial charge in [0.1, 0.15) is 6.61 Å². The van der Waals surface area contributed by atoms with Crippen molar-refractivity contribution in [2.24, 2.45) is 17.8 Å². The lowest BCUT2D eigenvalue weighted by atomic mass is 9.52. The number of amides is 4. The maximum Gasteiger partial charge on any atom is 0.334 e. The van der Waals surface area contributed by atoms with Crippen LogP contribution in [0.25, 0.3) is 0 Å². The van der Waals surface area contributed by atoms with E-state index in [1.165, 1.54) is 31.1 Å². The SMILES string of the molecule is CC(=O)OCCN1C(=O)C(=O)N(C23CC4CC(CC(C4)C2)C3)C1=O. The Labute approximate surface area is 140 Å². The van der Waals surface area contributed by atoms with E-state index in [4.69, 9.17) is 4.74 Å². The Morgan fingerprint density at radius 2 is 1.58 bits per heavy atom. The zero-order valence-corrected chi connectivity index (χ0v) is 13.8. The van der Waals surface area contributed by atoms with Gasteiger partial charge < -0.3 is 4.74 Å². The van der Waals surface area contributed by atoms with Crippen molar-refractivity contribution in [2.45, 2.75) is 51.0 Å². The maximum absolute atomic E-state index is 12.8. The molecule has 4 bridgehead atoms. The minimum absolute atomic E-state index is 0.0636. The smallest absolute Gasteiger partial charge is 0.334 e. The fourth-order valence-electron chi connectivity index (χ4n) is 5.74. The van der Waals surface area contributed by atoms with E-state index in [0.717, 1.165) is 24.2 Å². The monoisotopic (exact) mass is 334 g/mol. The van der Waals surface area contributed by atoms with Crippen LogP contribution in [0, 0.1) is 17.8 Å². The van der Waals surface area contributed by atoms with E-state index in [9.17, 15) is 19.2 Å². The molecule has 5 rings (SSSR count). The van der Waals surface area contributed by atoms with Crippen molar-refractivity contribution in [1.82, 2.24) is 9.80 Å². The molecule has 0 aromatic rings. The summed E-state index contributed by atoms with van der Waals surface area (Å²) in [6.45, 7) is 1.13. The van der Waals surface area contributed by atoms with Gasteiger partial charge in [-0.05, 0) is 56.3 Å². The van der Waals surface area contributed by atoms with E-state index in [-0.39, 0.29) is 13.2 Å². The van der Waals surface area contributed by atoms with Crippen LogP contribution >= 0.6 is 0 Å². The van der Waals surface area contributed by atoms with Gasteiger partial charge in [-0.2, -0.15) is 0 Å². The first-order chi connectivity index (χ1) is 11.4. The highest BCUT2D eigenvalue weighted by molar-refractivity contribution is 6.44. The largest absolute Gasteiger partial charge is 0.464 e. The van der Waals surface area contributed by atoms with Crippen LogP contribution in [-0.2, 0) is 19.1 Å². The summed E-state index contributed by atoms with van der Waals surface area (Å²) in [6.07, 6.45) is 6.09. The van der Waals surface area contributed by atoms with Crippen molar-refractivity contribution < 1.29 is 23.9 Å². The van der Waals surface area contributed by atoms with Gasteiger partial charge in [-0.1, -0.05) is 0 Å². The minimum atomic E-state index is -0.789. The molecule has 4 aliphatic carbocycles. The average Bonchev–Trinajstić information content (AvgIpc) is 2.69. The van der Waals surface area contributed by atoms with Crippen LogP contribution in [0.1, 0.15) is 45.4 Å². The molecule has 1 heterocycles. The summed E-state index contributed by atoms with van der Waals surface area (Å²) in [5, 5.41) is 0. The molecular weight excluding hydrogens is 312 g/mol. The first-order valence-corrected chi connectivity index (χ1v) is 8.73. The van der Waals surface area contributed by atoms with Gasteiger partial charge in [0, 0.05) is 6.92 Å². The molecule has 5 fully saturated rings. The number of esters is 1. The van der Waals surface area contributed by atoms with Gasteiger partial charge in [-0.3, -0.25) is 19.3 Å². The third kappa shape index (κ3) is 2.24. The lowest BCUT2D eigenvalue weighted by Gasteiger charge is -2.58. The molecule has 4 saturated carbocycles. The Kier molecular flexibility index (Phi) is 3.44. The lowest BCUT2D eigenvalue weighted by Crippen LogP contribution is -2.62. The number of carbonyl (C=O) groups is 4. The van der Waals surface area contributed by atoms with Gasteiger partial charge in [-0.25, -0.2) is 9.69 Å². The van der Waals surface area contributed by atoms with Crippen LogP contribution in [0.15, 0.2) is 0 Å². The molecule has 0 aromatic heterocycles. The molecule has 24 heavy (non-hydrogen) atoms. The molecule has 0 spiro atoms. The van der Waals surface area contributed by atoms with Gasteiger partial charge in [0.15, 0.2) is 0 Å². The van der Waals surface area contributed by atoms with Crippen LogP contribution in [0.3, 0.4) is 0 Å². The van der Waals surface area contributed by atoms with Crippen molar-refractivity contribution in [2.75, 3.05) is 13.2 Å². The summed E-state index contributed by atoms with van der Waals surface area (Å²) in [7, 11) is 0. The minimum Gasteiger partial charge on any atom is -0.464 e. The van der Waals surface area contributed by atoms with Crippen LogP contribution in [0.5, 0.6) is 0 Å². The Morgan fingerprint density at radius 3 is 2.08 bits per heavy atom. The second kappa shape index (κ2) is 5.29. The van der Waals surface area contributed by atoms with E-state index >= 15 is 0 Å². The van der Waals surface area contributed by atoms with Crippen molar-refractivity contribution in [3.8, 4) is 0 Å². The van der Waals surface area contributed by atoms with Gasteiger partial charge in [-0.15, -0.1) is 0 Å². The number of imide groups is 2.